The molecule has 3 heteroatoms. The van der Waals surface area contributed by atoms with Crippen LogP contribution in [-0.2, 0) is 4.74 Å². The van der Waals surface area contributed by atoms with Gasteiger partial charge in [0.15, 0.2) is 0 Å². The zero-order chi connectivity index (χ0) is 10.7. The van der Waals surface area contributed by atoms with E-state index in [0.717, 1.165) is 5.69 Å². The predicted molar refractivity (Wildman–Crippen MR) is 64.2 cm³/mol. The molecule has 1 aliphatic carbocycles. The van der Waals surface area contributed by atoms with Gasteiger partial charge in [0.05, 0.1) is 7.11 Å². The lowest BCUT2D eigenvalue weighted by Crippen LogP contribution is -2.06. The van der Waals surface area contributed by atoms with Crippen LogP contribution < -0.4 is 0 Å². The first-order chi connectivity index (χ1) is 7.31. The van der Waals surface area contributed by atoms with Crippen molar-refractivity contribution >= 4 is 17.3 Å². The Morgan fingerprint density at radius 3 is 2.80 bits per heavy atom. The largest absolute Gasteiger partial charge is 0.485 e. The smallest absolute Gasteiger partial charge is 0.209 e. The molecule has 1 saturated carbocycles. The summed E-state index contributed by atoms with van der Waals surface area (Å²) in [6.45, 7) is 0. The van der Waals surface area contributed by atoms with Crippen LogP contribution in [0.2, 0.25) is 0 Å². The van der Waals surface area contributed by atoms with Crippen LogP contribution in [0.3, 0.4) is 0 Å². The molecule has 80 valence electrons. The lowest BCUT2D eigenvalue weighted by atomic mass is 10.0. The van der Waals surface area contributed by atoms with Gasteiger partial charge in [0.25, 0.3) is 0 Å². The molecule has 15 heavy (non-hydrogen) atoms. The molecule has 0 amide bonds. The normalized spacial score (nSPS) is 16.6. The molecule has 0 unspecified atom stereocenters. The average Bonchev–Trinajstić information content (AvgIpc) is 2.82. The summed E-state index contributed by atoms with van der Waals surface area (Å²) in [5.74, 6) is 0.629. The number of hydrogen-bond donors (Lipinski definition) is 0. The SMILES string of the molecule is COC(=S)c1cccc(C2CCCC2)n1. The number of aromatic nitrogens is 1. The molecular weight excluding hydrogens is 206 g/mol. The van der Waals surface area contributed by atoms with Gasteiger partial charge in [-0.05, 0) is 37.2 Å². The van der Waals surface area contributed by atoms with E-state index in [-0.39, 0.29) is 0 Å². The first-order valence-electron chi connectivity index (χ1n) is 5.36. The van der Waals surface area contributed by atoms with E-state index in [1.165, 1.54) is 31.4 Å². The summed E-state index contributed by atoms with van der Waals surface area (Å²) in [4.78, 5) is 4.56. The maximum absolute atomic E-state index is 5.07. The number of methoxy groups -OCH3 is 1. The van der Waals surface area contributed by atoms with E-state index >= 15 is 0 Å². The standard InChI is InChI=1S/C12H15NOS/c1-14-12(15)11-8-4-7-10(13-11)9-5-2-3-6-9/h4,7-9H,2-3,5-6H2,1H3. The van der Waals surface area contributed by atoms with Crippen LogP contribution in [0.1, 0.15) is 43.0 Å². The lowest BCUT2D eigenvalue weighted by molar-refractivity contribution is 0.414. The van der Waals surface area contributed by atoms with Crippen molar-refractivity contribution in [1.82, 2.24) is 4.98 Å². The molecule has 1 heterocycles. The van der Waals surface area contributed by atoms with Crippen molar-refractivity contribution < 1.29 is 4.74 Å². The number of thiocarbonyl (C=S) groups is 1. The third-order valence-corrected chi connectivity index (χ3v) is 3.31. The Balaban J connectivity index is 2.21. The zero-order valence-electron chi connectivity index (χ0n) is 8.90. The van der Waals surface area contributed by atoms with E-state index in [0.29, 0.717) is 11.0 Å². The fourth-order valence-electron chi connectivity index (χ4n) is 2.12. The molecule has 0 aromatic carbocycles. The Kier molecular flexibility index (Phi) is 3.31. The highest BCUT2D eigenvalue weighted by Crippen LogP contribution is 2.32. The van der Waals surface area contributed by atoms with E-state index in [4.69, 9.17) is 17.0 Å². The van der Waals surface area contributed by atoms with Crippen molar-refractivity contribution in [3.05, 3.63) is 29.6 Å². The van der Waals surface area contributed by atoms with Gasteiger partial charge in [-0.25, -0.2) is 4.98 Å². The van der Waals surface area contributed by atoms with E-state index in [2.05, 4.69) is 11.1 Å². The molecule has 0 N–H and O–H groups in total. The highest BCUT2D eigenvalue weighted by molar-refractivity contribution is 7.80. The van der Waals surface area contributed by atoms with Gasteiger partial charge in [0.2, 0.25) is 5.05 Å². The second-order valence-corrected chi connectivity index (χ2v) is 4.29. The monoisotopic (exact) mass is 221 g/mol. The summed E-state index contributed by atoms with van der Waals surface area (Å²) < 4.78 is 5.02. The minimum atomic E-state index is 0.481. The number of nitrogens with zero attached hydrogens (tertiary/aromatic N) is 1. The van der Waals surface area contributed by atoms with Crippen molar-refractivity contribution in [2.24, 2.45) is 0 Å². The minimum Gasteiger partial charge on any atom is -0.485 e. The number of pyridine rings is 1. The van der Waals surface area contributed by atoms with Gasteiger partial charge < -0.3 is 4.74 Å². The highest BCUT2D eigenvalue weighted by atomic mass is 32.1. The summed E-state index contributed by atoms with van der Waals surface area (Å²) in [5.41, 5.74) is 1.96. The summed E-state index contributed by atoms with van der Waals surface area (Å²) >= 11 is 5.07. The first-order valence-corrected chi connectivity index (χ1v) is 5.77. The second-order valence-electron chi connectivity index (χ2n) is 3.92. The van der Waals surface area contributed by atoms with Crippen molar-refractivity contribution in [3.63, 3.8) is 0 Å². The van der Waals surface area contributed by atoms with Crippen molar-refractivity contribution in [3.8, 4) is 0 Å². The van der Waals surface area contributed by atoms with Crippen molar-refractivity contribution in [1.29, 1.82) is 0 Å². The molecular formula is C12H15NOS. The van der Waals surface area contributed by atoms with Gasteiger partial charge in [-0.1, -0.05) is 18.9 Å². The van der Waals surface area contributed by atoms with Gasteiger partial charge in [0, 0.05) is 11.6 Å². The Morgan fingerprint density at radius 1 is 1.40 bits per heavy atom. The van der Waals surface area contributed by atoms with Crippen molar-refractivity contribution in [2.75, 3.05) is 7.11 Å². The molecule has 1 aromatic heterocycles. The molecule has 2 nitrogen and oxygen atoms in total. The van der Waals surface area contributed by atoms with Gasteiger partial charge in [-0.2, -0.15) is 0 Å². The maximum atomic E-state index is 5.07. The molecule has 0 radical (unpaired) electrons. The fourth-order valence-corrected chi connectivity index (χ4v) is 2.23. The van der Waals surface area contributed by atoms with Gasteiger partial charge in [0.1, 0.15) is 5.69 Å². The van der Waals surface area contributed by atoms with E-state index < -0.39 is 0 Å². The number of rotatable bonds is 2. The first kappa shape index (κ1) is 10.6. The Morgan fingerprint density at radius 2 is 2.13 bits per heavy atom. The van der Waals surface area contributed by atoms with Gasteiger partial charge in [-0.3, -0.25) is 0 Å². The van der Waals surface area contributed by atoms with Crippen LogP contribution in [0.4, 0.5) is 0 Å². The van der Waals surface area contributed by atoms with Crippen LogP contribution in [0.5, 0.6) is 0 Å². The summed E-state index contributed by atoms with van der Waals surface area (Å²) in [6, 6.07) is 6.02. The summed E-state index contributed by atoms with van der Waals surface area (Å²) in [5, 5.41) is 0.481. The Bertz CT molecular complexity index is 358. The topological polar surface area (TPSA) is 22.1 Å². The van der Waals surface area contributed by atoms with Crippen LogP contribution >= 0.6 is 12.2 Å². The molecule has 0 bridgehead atoms. The van der Waals surface area contributed by atoms with Crippen LogP contribution in [0, 0.1) is 0 Å². The van der Waals surface area contributed by atoms with Crippen LogP contribution in [-0.4, -0.2) is 17.1 Å². The predicted octanol–water partition coefficient (Wildman–Crippen LogP) is 3.06. The quantitative estimate of drug-likeness (QED) is 0.717. The average molecular weight is 221 g/mol. The van der Waals surface area contributed by atoms with E-state index in [1.54, 1.807) is 7.11 Å². The molecule has 0 saturated heterocycles. The molecule has 1 fully saturated rings. The Hall–Kier alpha value is -0.960. The molecule has 2 rings (SSSR count). The van der Waals surface area contributed by atoms with Crippen molar-refractivity contribution in [2.45, 2.75) is 31.6 Å². The molecule has 0 spiro atoms. The van der Waals surface area contributed by atoms with E-state index in [1.807, 2.05) is 12.1 Å². The molecule has 1 aromatic rings. The second kappa shape index (κ2) is 4.71. The summed E-state index contributed by atoms with van der Waals surface area (Å²) in [6.07, 6.45) is 5.17. The lowest BCUT2D eigenvalue weighted by Gasteiger charge is -2.09. The third kappa shape index (κ3) is 2.34. The third-order valence-electron chi connectivity index (χ3n) is 2.94. The minimum absolute atomic E-state index is 0.481. The van der Waals surface area contributed by atoms with Gasteiger partial charge in [-0.15, -0.1) is 0 Å². The number of hydrogen-bond acceptors (Lipinski definition) is 3. The highest BCUT2D eigenvalue weighted by Gasteiger charge is 2.18. The van der Waals surface area contributed by atoms with Crippen LogP contribution in [0.25, 0.3) is 0 Å². The fraction of sp³-hybridized carbons (Fsp3) is 0.500. The Labute approximate surface area is 95.7 Å². The number of ether oxygens (including phenoxy) is 1. The zero-order valence-corrected chi connectivity index (χ0v) is 9.72. The van der Waals surface area contributed by atoms with E-state index in [9.17, 15) is 0 Å². The molecule has 0 atom stereocenters. The molecule has 1 aliphatic rings. The van der Waals surface area contributed by atoms with Gasteiger partial charge >= 0.3 is 0 Å². The summed E-state index contributed by atoms with van der Waals surface area (Å²) in [7, 11) is 1.59. The maximum Gasteiger partial charge on any atom is 0.209 e. The van der Waals surface area contributed by atoms with Crippen LogP contribution in [0.15, 0.2) is 18.2 Å². The molecule has 0 aliphatic heterocycles.